The number of amides is 1. The Balaban J connectivity index is 1.48. The van der Waals surface area contributed by atoms with Crippen molar-refractivity contribution in [2.24, 2.45) is 4.99 Å². The minimum atomic E-state index is -3.67. The quantitative estimate of drug-likeness (QED) is 0.515. The second kappa shape index (κ2) is 9.21. The monoisotopic (exact) mass is 419 g/mol. The maximum atomic E-state index is 12.1. The fourth-order valence-corrected chi connectivity index (χ4v) is 4.52. The van der Waals surface area contributed by atoms with Crippen LogP contribution in [0.25, 0.3) is 0 Å². The molecule has 3 rings (SSSR count). The Morgan fingerprint density at radius 3 is 2.83 bits per heavy atom. The third-order valence-corrected chi connectivity index (χ3v) is 6.22. The molecule has 0 bridgehead atoms. The Kier molecular flexibility index (Phi) is 6.68. The van der Waals surface area contributed by atoms with Gasteiger partial charge in [-0.2, -0.15) is 0 Å². The van der Waals surface area contributed by atoms with Gasteiger partial charge < -0.3 is 10.1 Å². The number of nitrogens with one attached hydrogen (secondary N) is 2. The number of carbonyl (C=O) groups excluding carboxylic acids is 2. The predicted molar refractivity (Wildman–Crippen MR) is 108 cm³/mol. The van der Waals surface area contributed by atoms with E-state index in [1.807, 2.05) is 0 Å². The molecule has 1 aromatic carbocycles. The number of nitrogens with zero attached hydrogens (tertiary/aromatic N) is 1. The van der Waals surface area contributed by atoms with Crippen LogP contribution in [0, 0.1) is 0 Å². The molecular formula is C20H25N3O5S. The van der Waals surface area contributed by atoms with Crippen LogP contribution in [0.1, 0.15) is 44.6 Å². The van der Waals surface area contributed by atoms with Crippen molar-refractivity contribution >= 4 is 27.7 Å². The molecule has 0 saturated carbocycles. The second-order valence-electron chi connectivity index (χ2n) is 7.07. The van der Waals surface area contributed by atoms with Gasteiger partial charge in [0.15, 0.2) is 6.61 Å². The fourth-order valence-electron chi connectivity index (χ4n) is 3.28. The van der Waals surface area contributed by atoms with Crippen molar-refractivity contribution < 1.29 is 22.7 Å². The number of ether oxygens (including phenoxy) is 1. The standard InChI is InChI=1S/C20H25N3O5S/c1-14(22-19-16-9-5-6-10-17(16)29(26,27)23-19)20(25)28-13-18(24)21-12-11-15-7-3-2-4-8-15/h5-7,9-10,14H,2-4,8,11-13H2,1H3,(H,21,24)(H,22,23)/t14-/m1/s1. The Labute approximate surface area is 170 Å². The molecule has 29 heavy (non-hydrogen) atoms. The van der Waals surface area contributed by atoms with Gasteiger partial charge in [-0.3, -0.25) is 14.5 Å². The topological polar surface area (TPSA) is 114 Å². The zero-order chi connectivity index (χ0) is 20.9. The van der Waals surface area contributed by atoms with E-state index in [0.717, 1.165) is 19.3 Å². The first-order valence-corrected chi connectivity index (χ1v) is 11.2. The third-order valence-electron chi connectivity index (χ3n) is 4.83. The number of esters is 1. The minimum absolute atomic E-state index is 0.0928. The van der Waals surface area contributed by atoms with Crippen LogP contribution < -0.4 is 10.0 Å². The molecule has 1 aromatic rings. The van der Waals surface area contributed by atoms with Crippen LogP contribution in [-0.4, -0.2) is 45.3 Å². The summed E-state index contributed by atoms with van der Waals surface area (Å²) in [4.78, 5) is 28.2. The second-order valence-corrected chi connectivity index (χ2v) is 8.72. The summed E-state index contributed by atoms with van der Waals surface area (Å²) < 4.78 is 31.5. The number of hydrogen-bond acceptors (Lipinski definition) is 6. The van der Waals surface area contributed by atoms with Gasteiger partial charge in [-0.1, -0.05) is 23.8 Å². The van der Waals surface area contributed by atoms with Crippen LogP contribution in [0.15, 0.2) is 45.8 Å². The van der Waals surface area contributed by atoms with Gasteiger partial charge in [0.2, 0.25) is 0 Å². The lowest BCUT2D eigenvalue weighted by Crippen LogP contribution is -2.32. The highest BCUT2D eigenvalue weighted by Gasteiger charge is 2.31. The molecule has 0 fully saturated rings. The molecule has 1 aliphatic carbocycles. The summed E-state index contributed by atoms with van der Waals surface area (Å²) in [7, 11) is -3.67. The molecule has 156 valence electrons. The van der Waals surface area contributed by atoms with E-state index < -0.39 is 28.6 Å². The summed E-state index contributed by atoms with van der Waals surface area (Å²) in [6.07, 6.45) is 7.63. The van der Waals surface area contributed by atoms with Gasteiger partial charge in [-0.15, -0.1) is 0 Å². The summed E-state index contributed by atoms with van der Waals surface area (Å²) in [5, 5.41) is 2.74. The van der Waals surface area contributed by atoms with Crippen molar-refractivity contribution in [2.45, 2.75) is 50.0 Å². The molecule has 1 amide bonds. The summed E-state index contributed by atoms with van der Waals surface area (Å²) >= 11 is 0. The third kappa shape index (κ3) is 5.44. The lowest BCUT2D eigenvalue weighted by atomic mass is 9.97. The van der Waals surface area contributed by atoms with Crippen LogP contribution in [0.4, 0.5) is 0 Å². The van der Waals surface area contributed by atoms with Crippen molar-refractivity contribution in [3.63, 3.8) is 0 Å². The van der Waals surface area contributed by atoms with Crippen LogP contribution in [0.2, 0.25) is 0 Å². The molecule has 1 heterocycles. The Morgan fingerprint density at radius 2 is 2.07 bits per heavy atom. The van der Waals surface area contributed by atoms with E-state index in [0.29, 0.717) is 12.1 Å². The van der Waals surface area contributed by atoms with Crippen molar-refractivity contribution in [2.75, 3.05) is 13.2 Å². The van der Waals surface area contributed by atoms with Crippen molar-refractivity contribution in [3.8, 4) is 0 Å². The van der Waals surface area contributed by atoms with Gasteiger partial charge >= 0.3 is 5.97 Å². The predicted octanol–water partition coefficient (Wildman–Crippen LogP) is 1.66. The number of rotatable bonds is 7. The summed E-state index contributed by atoms with van der Waals surface area (Å²) in [6, 6.07) is 5.42. The van der Waals surface area contributed by atoms with Gasteiger partial charge in [-0.05, 0) is 51.2 Å². The molecule has 9 heteroatoms. The van der Waals surface area contributed by atoms with Gasteiger partial charge in [-0.25, -0.2) is 13.2 Å². The lowest BCUT2D eigenvalue weighted by molar-refractivity contribution is -0.149. The Morgan fingerprint density at radius 1 is 1.28 bits per heavy atom. The van der Waals surface area contributed by atoms with Gasteiger partial charge in [0, 0.05) is 12.1 Å². The first-order chi connectivity index (χ1) is 13.9. The lowest BCUT2D eigenvalue weighted by Gasteiger charge is -2.13. The van der Waals surface area contributed by atoms with Crippen molar-refractivity contribution in [1.29, 1.82) is 0 Å². The molecule has 1 aliphatic heterocycles. The average Bonchev–Trinajstić information content (AvgIpc) is 2.97. The molecule has 2 N–H and O–H groups in total. The maximum Gasteiger partial charge on any atom is 0.331 e. The SMILES string of the molecule is C[C@@H](N=C1NS(=O)(=O)c2ccccc21)C(=O)OCC(=O)NCCC1=CCCCC1. The van der Waals surface area contributed by atoms with Gasteiger partial charge in [0.25, 0.3) is 15.9 Å². The number of benzene rings is 1. The van der Waals surface area contributed by atoms with Crippen LogP contribution in [0.5, 0.6) is 0 Å². The maximum absolute atomic E-state index is 12.1. The van der Waals surface area contributed by atoms with Gasteiger partial charge in [0.1, 0.15) is 11.9 Å². The van der Waals surface area contributed by atoms with E-state index >= 15 is 0 Å². The number of aliphatic imine (C=N–C) groups is 1. The van der Waals surface area contributed by atoms with E-state index in [1.54, 1.807) is 18.2 Å². The molecule has 1 atom stereocenters. The smallest absolute Gasteiger partial charge is 0.331 e. The van der Waals surface area contributed by atoms with E-state index in [-0.39, 0.29) is 16.6 Å². The number of fused-ring (bicyclic) bond motifs is 1. The highest BCUT2D eigenvalue weighted by atomic mass is 32.2. The molecule has 2 aliphatic rings. The molecule has 0 aromatic heterocycles. The molecular weight excluding hydrogens is 394 g/mol. The molecule has 0 radical (unpaired) electrons. The normalized spacial score (nSPS) is 19.6. The fraction of sp³-hybridized carbons (Fsp3) is 0.450. The zero-order valence-corrected chi connectivity index (χ0v) is 17.1. The van der Waals surface area contributed by atoms with Crippen LogP contribution in [0.3, 0.4) is 0 Å². The summed E-state index contributed by atoms with van der Waals surface area (Å²) in [5.41, 5.74) is 1.76. The van der Waals surface area contributed by atoms with Gasteiger partial charge in [0.05, 0.1) is 4.90 Å². The first-order valence-electron chi connectivity index (χ1n) is 9.68. The highest BCUT2D eigenvalue weighted by Crippen LogP contribution is 2.22. The number of amidine groups is 1. The summed E-state index contributed by atoms with van der Waals surface area (Å²) in [6.45, 7) is 1.60. The molecule has 8 nitrogen and oxygen atoms in total. The Hall–Kier alpha value is -2.68. The zero-order valence-electron chi connectivity index (χ0n) is 16.3. The molecule has 0 unspecified atom stereocenters. The molecule has 0 saturated heterocycles. The average molecular weight is 420 g/mol. The Bertz CT molecular complexity index is 953. The van der Waals surface area contributed by atoms with Crippen molar-refractivity contribution in [3.05, 3.63) is 41.5 Å². The van der Waals surface area contributed by atoms with E-state index in [9.17, 15) is 18.0 Å². The number of hydrogen-bond donors (Lipinski definition) is 2. The highest BCUT2D eigenvalue weighted by molar-refractivity contribution is 7.90. The summed E-state index contributed by atoms with van der Waals surface area (Å²) in [5.74, 6) is -0.983. The van der Waals surface area contributed by atoms with Crippen LogP contribution in [-0.2, 0) is 24.3 Å². The number of carbonyl (C=O) groups is 2. The first kappa shape index (κ1) is 21.0. The van der Waals surface area contributed by atoms with E-state index in [1.165, 1.54) is 31.4 Å². The number of sulfonamides is 1. The van der Waals surface area contributed by atoms with Crippen molar-refractivity contribution in [1.82, 2.24) is 10.0 Å². The number of allylic oxidation sites excluding steroid dienone is 1. The largest absolute Gasteiger partial charge is 0.454 e. The molecule has 0 spiro atoms. The van der Waals surface area contributed by atoms with E-state index in [4.69, 9.17) is 4.74 Å². The van der Waals surface area contributed by atoms with E-state index in [2.05, 4.69) is 21.1 Å². The minimum Gasteiger partial charge on any atom is -0.454 e. The van der Waals surface area contributed by atoms with Crippen LogP contribution >= 0.6 is 0 Å².